The van der Waals surface area contributed by atoms with E-state index in [2.05, 4.69) is 4.98 Å². The lowest BCUT2D eigenvalue weighted by Gasteiger charge is -2.10. The second-order valence-corrected chi connectivity index (χ2v) is 3.40. The van der Waals surface area contributed by atoms with Gasteiger partial charge < -0.3 is 9.72 Å². The summed E-state index contributed by atoms with van der Waals surface area (Å²) in [5.41, 5.74) is 0.697. The summed E-state index contributed by atoms with van der Waals surface area (Å²) in [6.45, 7) is 0. The second-order valence-electron chi connectivity index (χ2n) is 3.40. The van der Waals surface area contributed by atoms with Gasteiger partial charge in [0, 0.05) is 35.2 Å². The predicted octanol–water partition coefficient (Wildman–Crippen LogP) is 3.12. The molecule has 2 aromatic rings. The van der Waals surface area contributed by atoms with Crippen LogP contribution < -0.4 is 4.74 Å². The number of aromatic amines is 1. The Kier molecular flexibility index (Phi) is 2.77. The minimum absolute atomic E-state index is 0.104. The fraction of sp³-hybridized carbons (Fsp3) is 0.273. The van der Waals surface area contributed by atoms with Gasteiger partial charge in [-0.2, -0.15) is 0 Å². The molecule has 1 heterocycles. The number of hydrogen-bond acceptors (Lipinski definition) is 1. The summed E-state index contributed by atoms with van der Waals surface area (Å²) in [4.78, 5) is 2.78. The second kappa shape index (κ2) is 4.08. The molecule has 86 valence electrons. The van der Waals surface area contributed by atoms with Gasteiger partial charge in [0.2, 0.25) is 6.43 Å². The maximum absolute atomic E-state index is 13.5. The Morgan fingerprint density at radius 1 is 1.44 bits per heavy atom. The zero-order valence-electron chi connectivity index (χ0n) is 8.56. The molecule has 0 amide bonds. The molecule has 1 aromatic heterocycles. The molecular formula is C11H10F3NO. The minimum atomic E-state index is -2.53. The number of halogens is 3. The number of aromatic nitrogens is 1. The van der Waals surface area contributed by atoms with E-state index in [9.17, 15) is 13.2 Å². The van der Waals surface area contributed by atoms with Crippen molar-refractivity contribution >= 4 is 10.9 Å². The highest BCUT2D eigenvalue weighted by Gasteiger charge is 2.18. The van der Waals surface area contributed by atoms with Crippen LogP contribution in [0.15, 0.2) is 18.3 Å². The Morgan fingerprint density at radius 2 is 2.19 bits per heavy atom. The van der Waals surface area contributed by atoms with Gasteiger partial charge in [0.05, 0.1) is 7.11 Å². The molecule has 16 heavy (non-hydrogen) atoms. The molecule has 0 saturated heterocycles. The van der Waals surface area contributed by atoms with Crippen LogP contribution in [0.25, 0.3) is 10.9 Å². The highest BCUT2D eigenvalue weighted by molar-refractivity contribution is 5.85. The van der Waals surface area contributed by atoms with E-state index in [0.717, 1.165) is 0 Å². The number of fused-ring (bicyclic) bond motifs is 1. The fourth-order valence-electron chi connectivity index (χ4n) is 1.80. The number of H-pyrrole nitrogens is 1. The third kappa shape index (κ3) is 1.73. The van der Waals surface area contributed by atoms with E-state index in [1.54, 1.807) is 12.3 Å². The van der Waals surface area contributed by atoms with E-state index in [4.69, 9.17) is 4.74 Å². The van der Waals surface area contributed by atoms with E-state index in [-0.39, 0.29) is 11.3 Å². The average molecular weight is 229 g/mol. The van der Waals surface area contributed by atoms with Crippen molar-refractivity contribution in [1.82, 2.24) is 4.98 Å². The van der Waals surface area contributed by atoms with Gasteiger partial charge in [-0.15, -0.1) is 0 Å². The monoisotopic (exact) mass is 229 g/mol. The molecule has 1 N–H and O–H groups in total. The largest absolute Gasteiger partial charge is 0.493 e. The zero-order chi connectivity index (χ0) is 11.7. The van der Waals surface area contributed by atoms with Gasteiger partial charge in [-0.05, 0) is 6.07 Å². The SMILES string of the molecule is COc1c(F)cc2[nH]ccc2c1CC(F)F. The summed E-state index contributed by atoms with van der Waals surface area (Å²) < 4.78 is 43.2. The van der Waals surface area contributed by atoms with Crippen LogP contribution in [-0.2, 0) is 6.42 Å². The number of ether oxygens (including phenoxy) is 1. The molecule has 0 aliphatic heterocycles. The molecule has 0 aliphatic carbocycles. The van der Waals surface area contributed by atoms with E-state index < -0.39 is 18.7 Å². The molecule has 0 spiro atoms. The number of nitrogens with one attached hydrogen (secondary N) is 1. The van der Waals surface area contributed by atoms with Gasteiger partial charge >= 0.3 is 0 Å². The molecular weight excluding hydrogens is 219 g/mol. The van der Waals surface area contributed by atoms with E-state index in [0.29, 0.717) is 10.9 Å². The summed E-state index contributed by atoms with van der Waals surface area (Å²) in [7, 11) is 1.27. The first-order valence-electron chi connectivity index (χ1n) is 4.74. The molecule has 1 aromatic carbocycles. The molecule has 0 fully saturated rings. The summed E-state index contributed by atoms with van der Waals surface area (Å²) in [6.07, 6.45) is -1.47. The first kappa shape index (κ1) is 10.9. The summed E-state index contributed by atoms with van der Waals surface area (Å²) in [6, 6.07) is 2.87. The van der Waals surface area contributed by atoms with Crippen LogP contribution in [0.4, 0.5) is 13.2 Å². The number of hydrogen-bond donors (Lipinski definition) is 1. The number of alkyl halides is 2. The molecule has 0 radical (unpaired) electrons. The number of benzene rings is 1. The van der Waals surface area contributed by atoms with Gasteiger partial charge in [0.15, 0.2) is 11.6 Å². The van der Waals surface area contributed by atoms with Crippen molar-refractivity contribution in [2.24, 2.45) is 0 Å². The zero-order valence-corrected chi connectivity index (χ0v) is 8.56. The third-order valence-electron chi connectivity index (χ3n) is 2.43. The standard InChI is InChI=1S/C11H10F3NO/c1-16-11-7(4-10(13)14)6-2-3-15-9(6)5-8(11)12/h2-3,5,10,15H,4H2,1H3. The van der Waals surface area contributed by atoms with Gasteiger partial charge in [0.25, 0.3) is 0 Å². The van der Waals surface area contributed by atoms with Crippen LogP contribution in [-0.4, -0.2) is 18.5 Å². The lowest BCUT2D eigenvalue weighted by atomic mass is 10.1. The Labute approximate surface area is 90.0 Å². The lowest BCUT2D eigenvalue weighted by molar-refractivity contribution is 0.148. The van der Waals surface area contributed by atoms with Crippen molar-refractivity contribution < 1.29 is 17.9 Å². The molecule has 0 bridgehead atoms. The van der Waals surface area contributed by atoms with Crippen molar-refractivity contribution in [2.45, 2.75) is 12.8 Å². The van der Waals surface area contributed by atoms with Crippen LogP contribution in [0.2, 0.25) is 0 Å². The Hall–Kier alpha value is -1.65. The first-order valence-corrected chi connectivity index (χ1v) is 4.74. The van der Waals surface area contributed by atoms with Gasteiger partial charge in [0.1, 0.15) is 0 Å². The molecule has 0 saturated carbocycles. The highest BCUT2D eigenvalue weighted by Crippen LogP contribution is 2.32. The number of rotatable bonds is 3. The Bertz CT molecular complexity index is 507. The normalized spacial score (nSPS) is 11.3. The van der Waals surface area contributed by atoms with Crippen molar-refractivity contribution in [3.05, 3.63) is 29.7 Å². The molecule has 2 rings (SSSR count). The maximum Gasteiger partial charge on any atom is 0.242 e. The van der Waals surface area contributed by atoms with Crippen LogP contribution in [0.1, 0.15) is 5.56 Å². The quantitative estimate of drug-likeness (QED) is 0.859. The Balaban J connectivity index is 2.67. The molecule has 0 aliphatic rings. The van der Waals surface area contributed by atoms with Crippen molar-refractivity contribution in [3.8, 4) is 5.75 Å². The smallest absolute Gasteiger partial charge is 0.242 e. The predicted molar refractivity (Wildman–Crippen MR) is 54.5 cm³/mol. The molecule has 0 atom stereocenters. The van der Waals surface area contributed by atoms with Crippen molar-refractivity contribution in [1.29, 1.82) is 0 Å². The van der Waals surface area contributed by atoms with Crippen LogP contribution in [0, 0.1) is 5.82 Å². The Morgan fingerprint density at radius 3 is 2.81 bits per heavy atom. The van der Waals surface area contributed by atoms with E-state index in [1.807, 2.05) is 0 Å². The fourth-order valence-corrected chi connectivity index (χ4v) is 1.80. The van der Waals surface area contributed by atoms with E-state index >= 15 is 0 Å². The van der Waals surface area contributed by atoms with Crippen molar-refractivity contribution in [3.63, 3.8) is 0 Å². The molecule has 5 heteroatoms. The lowest BCUT2D eigenvalue weighted by Crippen LogP contribution is -2.02. The molecule has 2 nitrogen and oxygen atoms in total. The van der Waals surface area contributed by atoms with Crippen LogP contribution >= 0.6 is 0 Å². The first-order chi connectivity index (χ1) is 7.63. The third-order valence-corrected chi connectivity index (χ3v) is 2.43. The van der Waals surface area contributed by atoms with Crippen LogP contribution in [0.5, 0.6) is 5.75 Å². The summed E-state index contributed by atoms with van der Waals surface area (Å²) in [5.74, 6) is -0.736. The van der Waals surface area contributed by atoms with Gasteiger partial charge in [-0.3, -0.25) is 0 Å². The number of methoxy groups -OCH3 is 1. The average Bonchev–Trinajstić information content (AvgIpc) is 2.64. The van der Waals surface area contributed by atoms with Gasteiger partial charge in [-0.25, -0.2) is 13.2 Å². The van der Waals surface area contributed by atoms with Crippen LogP contribution in [0.3, 0.4) is 0 Å². The van der Waals surface area contributed by atoms with Gasteiger partial charge in [-0.1, -0.05) is 0 Å². The molecule has 0 unspecified atom stereocenters. The van der Waals surface area contributed by atoms with Crippen molar-refractivity contribution in [2.75, 3.05) is 7.11 Å². The van der Waals surface area contributed by atoms with E-state index in [1.165, 1.54) is 13.2 Å². The maximum atomic E-state index is 13.5. The minimum Gasteiger partial charge on any atom is -0.493 e. The highest BCUT2D eigenvalue weighted by atomic mass is 19.3. The summed E-state index contributed by atoms with van der Waals surface area (Å²) >= 11 is 0. The summed E-state index contributed by atoms with van der Waals surface area (Å²) in [5, 5.41) is 0.568. The topological polar surface area (TPSA) is 25.0 Å².